The fraction of sp³-hybridized carbons (Fsp3) is 0.846. The Bertz CT molecular complexity index is 204. The molecule has 0 saturated heterocycles. The van der Waals surface area contributed by atoms with Crippen LogP contribution in [0.4, 0.5) is 0 Å². The van der Waals surface area contributed by atoms with Gasteiger partial charge in [0.15, 0.2) is 0 Å². The van der Waals surface area contributed by atoms with E-state index in [-0.39, 0.29) is 12.5 Å². The molecule has 0 spiro atoms. The lowest BCUT2D eigenvalue weighted by Crippen LogP contribution is -2.14. The fourth-order valence-corrected chi connectivity index (χ4v) is 1.80. The molecule has 0 aliphatic heterocycles. The maximum atomic E-state index is 10.4. The van der Waals surface area contributed by atoms with Gasteiger partial charge in [-0.15, -0.1) is 0 Å². The predicted molar refractivity (Wildman–Crippen MR) is 65.8 cm³/mol. The summed E-state index contributed by atoms with van der Waals surface area (Å²) in [4.78, 5) is 20.7. The standard InChI is InChI=1S/C13H24O4/c1-2-3-4-5-6-7-8-12(17-11-14)9-10-13(15)16/h11-12H,2-10H2,1H3,(H,15,16). The van der Waals surface area contributed by atoms with Crippen molar-refractivity contribution in [3.63, 3.8) is 0 Å². The number of hydrogen-bond donors (Lipinski definition) is 1. The summed E-state index contributed by atoms with van der Waals surface area (Å²) in [5.74, 6) is -0.840. The molecule has 100 valence electrons. The highest BCUT2D eigenvalue weighted by Gasteiger charge is 2.11. The van der Waals surface area contributed by atoms with Crippen LogP contribution in [0, 0.1) is 0 Å². The molecule has 0 radical (unpaired) electrons. The first kappa shape index (κ1) is 15.9. The Labute approximate surface area is 103 Å². The summed E-state index contributed by atoms with van der Waals surface area (Å²) in [5.41, 5.74) is 0. The topological polar surface area (TPSA) is 63.6 Å². The molecule has 17 heavy (non-hydrogen) atoms. The number of carboxylic acid groups (broad SMARTS) is 1. The van der Waals surface area contributed by atoms with Crippen molar-refractivity contribution < 1.29 is 19.4 Å². The van der Waals surface area contributed by atoms with E-state index in [1.807, 2.05) is 0 Å². The first-order valence-corrected chi connectivity index (χ1v) is 6.51. The van der Waals surface area contributed by atoms with E-state index in [1.54, 1.807) is 0 Å². The van der Waals surface area contributed by atoms with E-state index in [9.17, 15) is 9.59 Å². The molecular weight excluding hydrogens is 220 g/mol. The summed E-state index contributed by atoms with van der Waals surface area (Å²) in [5, 5.41) is 8.56. The van der Waals surface area contributed by atoms with E-state index in [0.717, 1.165) is 19.3 Å². The summed E-state index contributed by atoms with van der Waals surface area (Å²) < 4.78 is 4.88. The van der Waals surface area contributed by atoms with Crippen molar-refractivity contribution in [1.82, 2.24) is 0 Å². The van der Waals surface area contributed by atoms with Gasteiger partial charge in [0, 0.05) is 6.42 Å². The second-order valence-corrected chi connectivity index (χ2v) is 4.34. The third kappa shape index (κ3) is 11.2. The molecule has 4 heteroatoms. The van der Waals surface area contributed by atoms with Crippen molar-refractivity contribution in [2.24, 2.45) is 0 Å². The highest BCUT2D eigenvalue weighted by Crippen LogP contribution is 2.13. The molecule has 0 fully saturated rings. The molecule has 0 aliphatic carbocycles. The van der Waals surface area contributed by atoms with Gasteiger partial charge in [0.2, 0.25) is 0 Å². The van der Waals surface area contributed by atoms with Crippen LogP contribution in [0.3, 0.4) is 0 Å². The zero-order chi connectivity index (χ0) is 12.9. The first-order valence-electron chi connectivity index (χ1n) is 6.51. The lowest BCUT2D eigenvalue weighted by molar-refractivity contribution is -0.140. The average molecular weight is 244 g/mol. The molecule has 0 aromatic rings. The van der Waals surface area contributed by atoms with Crippen LogP contribution >= 0.6 is 0 Å². The molecule has 1 N–H and O–H groups in total. The minimum absolute atomic E-state index is 0.0638. The van der Waals surface area contributed by atoms with Crippen molar-refractivity contribution in [1.29, 1.82) is 0 Å². The number of ether oxygens (including phenoxy) is 1. The largest absolute Gasteiger partial charge is 0.481 e. The van der Waals surface area contributed by atoms with Gasteiger partial charge in [0.1, 0.15) is 6.10 Å². The van der Waals surface area contributed by atoms with Gasteiger partial charge in [0.05, 0.1) is 0 Å². The molecule has 0 aromatic carbocycles. The van der Waals surface area contributed by atoms with Gasteiger partial charge in [0.25, 0.3) is 6.47 Å². The number of carbonyl (C=O) groups excluding carboxylic acids is 1. The summed E-state index contributed by atoms with van der Waals surface area (Å²) >= 11 is 0. The van der Waals surface area contributed by atoms with Crippen molar-refractivity contribution >= 4 is 12.4 Å². The third-order valence-corrected chi connectivity index (χ3v) is 2.81. The van der Waals surface area contributed by atoms with E-state index in [4.69, 9.17) is 9.84 Å². The van der Waals surface area contributed by atoms with Gasteiger partial charge >= 0.3 is 5.97 Å². The van der Waals surface area contributed by atoms with Crippen LogP contribution in [0.1, 0.15) is 64.7 Å². The molecular formula is C13H24O4. The van der Waals surface area contributed by atoms with Crippen molar-refractivity contribution in [3.05, 3.63) is 0 Å². The van der Waals surface area contributed by atoms with Gasteiger partial charge in [-0.05, 0) is 19.3 Å². The lowest BCUT2D eigenvalue weighted by atomic mass is 10.0. The Kier molecular flexibility index (Phi) is 10.7. The third-order valence-electron chi connectivity index (χ3n) is 2.81. The number of carbonyl (C=O) groups is 2. The van der Waals surface area contributed by atoms with Crippen molar-refractivity contribution in [2.45, 2.75) is 70.8 Å². The molecule has 1 unspecified atom stereocenters. The van der Waals surface area contributed by atoms with Crippen molar-refractivity contribution in [2.75, 3.05) is 0 Å². The van der Waals surface area contributed by atoms with Gasteiger partial charge in [-0.1, -0.05) is 39.0 Å². The minimum Gasteiger partial charge on any atom is -0.481 e. The average Bonchev–Trinajstić information content (AvgIpc) is 2.30. The number of rotatable bonds is 12. The maximum absolute atomic E-state index is 10.4. The second-order valence-electron chi connectivity index (χ2n) is 4.34. The van der Waals surface area contributed by atoms with Crippen LogP contribution in [-0.2, 0) is 14.3 Å². The van der Waals surface area contributed by atoms with E-state index < -0.39 is 5.97 Å². The first-order chi connectivity index (χ1) is 8.20. The smallest absolute Gasteiger partial charge is 0.303 e. The van der Waals surface area contributed by atoms with Crippen LogP contribution < -0.4 is 0 Å². The summed E-state index contributed by atoms with van der Waals surface area (Å²) in [6.07, 6.45) is 8.13. The van der Waals surface area contributed by atoms with E-state index >= 15 is 0 Å². The molecule has 0 amide bonds. The minimum atomic E-state index is -0.840. The van der Waals surface area contributed by atoms with Crippen LogP contribution in [0.15, 0.2) is 0 Å². The van der Waals surface area contributed by atoms with E-state index in [1.165, 1.54) is 25.7 Å². The maximum Gasteiger partial charge on any atom is 0.303 e. The second kappa shape index (κ2) is 11.4. The normalized spacial score (nSPS) is 12.1. The van der Waals surface area contributed by atoms with E-state index in [2.05, 4.69) is 6.92 Å². The highest BCUT2D eigenvalue weighted by molar-refractivity contribution is 5.66. The zero-order valence-electron chi connectivity index (χ0n) is 10.7. The highest BCUT2D eigenvalue weighted by atomic mass is 16.5. The quantitative estimate of drug-likeness (QED) is 0.423. The number of carboxylic acids is 1. The van der Waals surface area contributed by atoms with Gasteiger partial charge < -0.3 is 9.84 Å². The van der Waals surface area contributed by atoms with Crippen LogP contribution in [0.25, 0.3) is 0 Å². The SMILES string of the molecule is CCCCCCCCC(CCC(=O)O)OC=O. The molecule has 0 rings (SSSR count). The van der Waals surface area contributed by atoms with Gasteiger partial charge in [-0.2, -0.15) is 0 Å². The van der Waals surface area contributed by atoms with Crippen LogP contribution in [-0.4, -0.2) is 23.7 Å². The molecule has 1 atom stereocenters. The van der Waals surface area contributed by atoms with Crippen LogP contribution in [0.5, 0.6) is 0 Å². The van der Waals surface area contributed by atoms with Crippen LogP contribution in [0.2, 0.25) is 0 Å². The summed E-state index contributed by atoms with van der Waals surface area (Å²) in [6.45, 7) is 2.60. The van der Waals surface area contributed by atoms with Crippen molar-refractivity contribution in [3.8, 4) is 0 Å². The number of unbranched alkanes of at least 4 members (excludes halogenated alkanes) is 5. The molecule has 4 nitrogen and oxygen atoms in total. The lowest BCUT2D eigenvalue weighted by Gasteiger charge is -2.13. The molecule has 0 aromatic heterocycles. The predicted octanol–water partition coefficient (Wildman–Crippen LogP) is 3.14. The molecule has 0 aliphatic rings. The molecule has 0 saturated carbocycles. The monoisotopic (exact) mass is 244 g/mol. The molecule has 0 heterocycles. The zero-order valence-corrected chi connectivity index (χ0v) is 10.7. The Balaban J connectivity index is 3.54. The van der Waals surface area contributed by atoms with Gasteiger partial charge in [-0.25, -0.2) is 0 Å². The Morgan fingerprint density at radius 1 is 1.18 bits per heavy atom. The Morgan fingerprint density at radius 2 is 1.82 bits per heavy atom. The van der Waals surface area contributed by atoms with Gasteiger partial charge in [-0.3, -0.25) is 9.59 Å². The van der Waals surface area contributed by atoms with E-state index in [0.29, 0.717) is 12.9 Å². The molecule has 0 bridgehead atoms. The summed E-state index contributed by atoms with van der Waals surface area (Å²) in [6, 6.07) is 0. The fourth-order valence-electron chi connectivity index (χ4n) is 1.80. The Morgan fingerprint density at radius 3 is 2.41 bits per heavy atom. The number of aliphatic carboxylic acids is 1. The number of hydrogen-bond acceptors (Lipinski definition) is 3. The Hall–Kier alpha value is -1.06. The summed E-state index contributed by atoms with van der Waals surface area (Å²) in [7, 11) is 0.